The van der Waals surface area contributed by atoms with Crippen LogP contribution < -0.4 is 5.32 Å². The van der Waals surface area contributed by atoms with Crippen molar-refractivity contribution in [3.8, 4) is 0 Å². The van der Waals surface area contributed by atoms with Crippen molar-refractivity contribution in [2.24, 2.45) is 11.3 Å². The number of hydrogen-bond acceptors (Lipinski definition) is 1. The second-order valence-electron chi connectivity index (χ2n) is 6.66. The summed E-state index contributed by atoms with van der Waals surface area (Å²) in [5, 5.41) is 4.83. The minimum Gasteiger partial charge on any atom is -0.382 e. The summed E-state index contributed by atoms with van der Waals surface area (Å²) in [7, 11) is 0. The molecule has 0 atom stereocenters. The molecule has 0 aliphatic heterocycles. The number of anilines is 1. The summed E-state index contributed by atoms with van der Waals surface area (Å²) in [4.78, 5) is 0. The Labute approximate surface area is 133 Å². The van der Waals surface area contributed by atoms with Gasteiger partial charge in [-0.25, -0.2) is 0 Å². The van der Waals surface area contributed by atoms with E-state index < -0.39 is 0 Å². The highest BCUT2D eigenvalue weighted by Gasteiger charge is 2.31. The van der Waals surface area contributed by atoms with Crippen LogP contribution in [0.1, 0.15) is 52.9 Å². The fourth-order valence-electron chi connectivity index (χ4n) is 3.13. The van der Waals surface area contributed by atoms with Crippen molar-refractivity contribution < 1.29 is 0 Å². The van der Waals surface area contributed by atoms with Gasteiger partial charge in [-0.15, -0.1) is 0 Å². The van der Waals surface area contributed by atoms with Crippen molar-refractivity contribution in [2.45, 2.75) is 58.9 Å². The molecule has 0 aromatic heterocycles. The summed E-state index contributed by atoms with van der Waals surface area (Å²) in [6.07, 6.45) is 6.39. The van der Waals surface area contributed by atoms with Crippen LogP contribution in [0.3, 0.4) is 0 Å². The quantitative estimate of drug-likeness (QED) is 0.678. The van der Waals surface area contributed by atoms with Crippen molar-refractivity contribution in [2.75, 3.05) is 5.32 Å². The Morgan fingerprint density at radius 1 is 1.10 bits per heavy atom. The van der Waals surface area contributed by atoms with Gasteiger partial charge in [-0.2, -0.15) is 0 Å². The van der Waals surface area contributed by atoms with E-state index in [2.05, 4.69) is 26.1 Å². The Morgan fingerprint density at radius 2 is 1.75 bits per heavy atom. The zero-order valence-corrected chi connectivity index (χ0v) is 14.2. The normalized spacial score (nSPS) is 23.6. The maximum atomic E-state index is 6.06. The van der Waals surface area contributed by atoms with E-state index in [-0.39, 0.29) is 0 Å². The second kappa shape index (κ2) is 6.58. The van der Waals surface area contributed by atoms with Gasteiger partial charge in [-0.1, -0.05) is 50.4 Å². The van der Waals surface area contributed by atoms with Gasteiger partial charge in [-0.05, 0) is 55.2 Å². The lowest BCUT2D eigenvalue weighted by Crippen LogP contribution is -2.32. The minimum absolute atomic E-state index is 0.481. The summed E-state index contributed by atoms with van der Waals surface area (Å²) in [5.74, 6) is 0.861. The molecule has 0 heterocycles. The molecule has 0 unspecified atom stereocenters. The van der Waals surface area contributed by atoms with Gasteiger partial charge in [0.05, 0.1) is 10.0 Å². The van der Waals surface area contributed by atoms with Crippen molar-refractivity contribution >= 4 is 28.9 Å². The third-order valence-electron chi connectivity index (χ3n) is 5.03. The number of hydrogen-bond donors (Lipinski definition) is 1. The predicted octanol–water partition coefficient (Wildman–Crippen LogP) is 6.40. The Kier molecular flexibility index (Phi) is 5.25. The highest BCUT2D eigenvalue weighted by Crippen LogP contribution is 2.41. The molecule has 3 heteroatoms. The van der Waals surface area contributed by atoms with Gasteiger partial charge in [0, 0.05) is 11.7 Å². The summed E-state index contributed by atoms with van der Waals surface area (Å²) < 4.78 is 0. The van der Waals surface area contributed by atoms with Crippen LogP contribution in [0.15, 0.2) is 18.2 Å². The lowest BCUT2D eigenvalue weighted by molar-refractivity contribution is 0.147. The third kappa shape index (κ3) is 3.83. The first kappa shape index (κ1) is 16.0. The van der Waals surface area contributed by atoms with Crippen molar-refractivity contribution in [3.63, 3.8) is 0 Å². The van der Waals surface area contributed by atoms with Crippen molar-refractivity contribution in [1.29, 1.82) is 0 Å². The first-order chi connectivity index (χ1) is 9.42. The fraction of sp³-hybridized carbons (Fsp3) is 0.647. The summed E-state index contributed by atoms with van der Waals surface area (Å²) in [5.41, 5.74) is 1.56. The van der Waals surface area contributed by atoms with Crippen LogP contribution in [0.4, 0.5) is 5.69 Å². The Hall–Kier alpha value is -0.400. The Balaban J connectivity index is 1.90. The molecule has 0 saturated heterocycles. The monoisotopic (exact) mass is 313 g/mol. The van der Waals surface area contributed by atoms with E-state index in [1.54, 1.807) is 0 Å². The molecule has 20 heavy (non-hydrogen) atoms. The maximum Gasteiger partial charge on any atom is 0.0612 e. The van der Waals surface area contributed by atoms with Crippen LogP contribution >= 0.6 is 23.2 Å². The van der Waals surface area contributed by atoms with E-state index in [1.165, 1.54) is 32.1 Å². The maximum absolute atomic E-state index is 6.06. The Morgan fingerprint density at radius 3 is 2.30 bits per heavy atom. The SMILES string of the molecule is CCC(C)(C)C1CCC(Nc2ccc(Cl)c(Cl)c2)CC1. The van der Waals surface area contributed by atoms with Crippen molar-refractivity contribution in [1.82, 2.24) is 0 Å². The van der Waals surface area contributed by atoms with Crippen LogP contribution in [-0.4, -0.2) is 6.04 Å². The van der Waals surface area contributed by atoms with Crippen LogP contribution in [-0.2, 0) is 0 Å². The van der Waals surface area contributed by atoms with Gasteiger partial charge in [0.25, 0.3) is 0 Å². The summed E-state index contributed by atoms with van der Waals surface area (Å²) >= 11 is 12.0. The number of nitrogens with one attached hydrogen (secondary N) is 1. The molecule has 0 radical (unpaired) electrons. The highest BCUT2D eigenvalue weighted by molar-refractivity contribution is 6.42. The van der Waals surface area contributed by atoms with E-state index >= 15 is 0 Å². The molecule has 1 nitrogen and oxygen atoms in total. The molecular weight excluding hydrogens is 289 g/mol. The molecule has 2 rings (SSSR count). The molecule has 0 bridgehead atoms. The third-order valence-corrected chi connectivity index (χ3v) is 5.77. The fourth-order valence-corrected chi connectivity index (χ4v) is 3.43. The average Bonchev–Trinajstić information content (AvgIpc) is 2.43. The van der Waals surface area contributed by atoms with Crippen LogP contribution in [0.2, 0.25) is 10.0 Å². The predicted molar refractivity (Wildman–Crippen MR) is 89.9 cm³/mol. The largest absolute Gasteiger partial charge is 0.382 e. The molecule has 0 spiro atoms. The first-order valence-corrected chi connectivity index (χ1v) is 8.39. The molecule has 1 aromatic rings. The summed E-state index contributed by atoms with van der Waals surface area (Å²) in [6.45, 7) is 7.12. The van der Waals surface area contributed by atoms with Crippen LogP contribution in [0, 0.1) is 11.3 Å². The highest BCUT2D eigenvalue weighted by atomic mass is 35.5. The molecular formula is C17H25Cl2N. The smallest absolute Gasteiger partial charge is 0.0612 e. The second-order valence-corrected chi connectivity index (χ2v) is 7.48. The molecule has 0 amide bonds. The van der Waals surface area contributed by atoms with Crippen LogP contribution in [0.25, 0.3) is 0 Å². The van der Waals surface area contributed by atoms with Crippen LogP contribution in [0.5, 0.6) is 0 Å². The number of benzene rings is 1. The molecule has 1 aliphatic carbocycles. The van der Waals surface area contributed by atoms with E-state index in [4.69, 9.17) is 23.2 Å². The zero-order valence-electron chi connectivity index (χ0n) is 12.7. The summed E-state index contributed by atoms with van der Waals surface area (Å²) in [6, 6.07) is 6.36. The van der Waals surface area contributed by atoms with Gasteiger partial charge >= 0.3 is 0 Å². The zero-order chi connectivity index (χ0) is 14.8. The van der Waals surface area contributed by atoms with E-state index in [0.717, 1.165) is 11.6 Å². The van der Waals surface area contributed by atoms with E-state index in [9.17, 15) is 0 Å². The number of rotatable bonds is 4. The average molecular weight is 314 g/mol. The first-order valence-electron chi connectivity index (χ1n) is 7.64. The molecule has 1 N–H and O–H groups in total. The van der Waals surface area contributed by atoms with Crippen molar-refractivity contribution in [3.05, 3.63) is 28.2 Å². The van der Waals surface area contributed by atoms with Gasteiger partial charge in [-0.3, -0.25) is 0 Å². The lowest BCUT2D eigenvalue weighted by Gasteiger charge is -2.39. The molecule has 1 fully saturated rings. The van der Waals surface area contributed by atoms with E-state index in [1.807, 2.05) is 18.2 Å². The Bertz CT molecular complexity index is 448. The molecule has 1 saturated carbocycles. The van der Waals surface area contributed by atoms with E-state index in [0.29, 0.717) is 21.5 Å². The molecule has 112 valence electrons. The van der Waals surface area contributed by atoms with Gasteiger partial charge < -0.3 is 5.32 Å². The standard InChI is InChI=1S/C17H25Cl2N/c1-4-17(2,3)12-5-7-13(8-6-12)20-14-9-10-15(18)16(19)11-14/h9-13,20H,4-8H2,1-3H3. The van der Waals surface area contributed by atoms with Gasteiger partial charge in [0.15, 0.2) is 0 Å². The number of halogens is 2. The lowest BCUT2D eigenvalue weighted by atomic mass is 9.69. The van der Waals surface area contributed by atoms with Gasteiger partial charge in [0.1, 0.15) is 0 Å². The minimum atomic E-state index is 0.481. The topological polar surface area (TPSA) is 12.0 Å². The van der Waals surface area contributed by atoms with Gasteiger partial charge in [0.2, 0.25) is 0 Å². The molecule has 1 aromatic carbocycles. The molecule has 1 aliphatic rings.